The van der Waals surface area contributed by atoms with Crippen LogP contribution in [0.15, 0.2) is 4.99 Å². The number of hydrogen-bond donors (Lipinski definition) is 2. The van der Waals surface area contributed by atoms with E-state index in [0.717, 1.165) is 0 Å². The molecule has 4 heteroatoms. The molecule has 0 fully saturated rings. The lowest BCUT2D eigenvalue weighted by Gasteiger charge is -2.19. The zero-order valence-corrected chi connectivity index (χ0v) is 7.79. The van der Waals surface area contributed by atoms with Crippen LogP contribution in [0.3, 0.4) is 0 Å². The highest BCUT2D eigenvalue weighted by Gasteiger charge is 2.14. The summed E-state index contributed by atoms with van der Waals surface area (Å²) >= 11 is 0. The summed E-state index contributed by atoms with van der Waals surface area (Å²) in [4.78, 5) is 3.80. The summed E-state index contributed by atoms with van der Waals surface area (Å²) in [5, 5.41) is 15.5. The maximum absolute atomic E-state index is 8.50. The molecule has 4 nitrogen and oxygen atoms in total. The fourth-order valence-corrected chi connectivity index (χ4v) is 0.598. The Kier molecular flexibility index (Phi) is 4.70. The zero-order valence-electron chi connectivity index (χ0n) is 7.79. The average molecular weight is 172 g/mol. The average Bonchev–Trinajstić information content (AvgIpc) is 1.98. The van der Waals surface area contributed by atoms with E-state index >= 15 is 0 Å². The van der Waals surface area contributed by atoms with Gasteiger partial charge in [-0.2, -0.15) is 0 Å². The highest BCUT2D eigenvalue weighted by molar-refractivity contribution is 5.87. The van der Waals surface area contributed by atoms with Gasteiger partial charge < -0.3 is 9.84 Å². The molecule has 0 heterocycles. The van der Waals surface area contributed by atoms with Crippen molar-refractivity contribution in [2.75, 3.05) is 13.2 Å². The lowest BCUT2D eigenvalue weighted by molar-refractivity contribution is 0.0158. The molecule has 0 radical (unpaired) electrons. The van der Waals surface area contributed by atoms with Crippen LogP contribution in [0.25, 0.3) is 0 Å². The van der Waals surface area contributed by atoms with E-state index in [1.54, 1.807) is 13.1 Å². The summed E-state index contributed by atoms with van der Waals surface area (Å²) < 4.78 is 5.23. The first-order valence-corrected chi connectivity index (χ1v) is 3.83. The molecule has 0 aromatic carbocycles. The van der Waals surface area contributed by atoms with Gasteiger partial charge in [-0.3, -0.25) is 5.41 Å². The monoisotopic (exact) mass is 172 g/mol. The Morgan fingerprint density at radius 2 is 2.25 bits per heavy atom. The first-order chi connectivity index (χ1) is 5.48. The summed E-state index contributed by atoms with van der Waals surface area (Å²) in [5.74, 6) is 0.246. The standard InChI is InChI=1S/C8H16N2O2/c1-7(9)10-6-8(2,3)12-5-4-11/h6,9,11H,4-5H2,1-3H3. The number of amidine groups is 1. The molecule has 0 amide bonds. The zero-order chi connectivity index (χ0) is 9.61. The number of aliphatic imine (C=N–C) groups is 1. The number of nitrogens with one attached hydrogen (secondary N) is 1. The van der Waals surface area contributed by atoms with Crippen LogP contribution in [0.5, 0.6) is 0 Å². The van der Waals surface area contributed by atoms with Crippen LogP contribution < -0.4 is 0 Å². The smallest absolute Gasteiger partial charge is 0.117 e. The fraction of sp³-hybridized carbons (Fsp3) is 0.750. The van der Waals surface area contributed by atoms with Crippen molar-refractivity contribution < 1.29 is 9.84 Å². The molecule has 12 heavy (non-hydrogen) atoms. The number of rotatable bonds is 4. The molecule has 0 aliphatic heterocycles. The Hall–Kier alpha value is -0.740. The predicted octanol–water partition coefficient (Wildman–Crippen LogP) is 0.842. The molecule has 0 saturated heterocycles. The van der Waals surface area contributed by atoms with Gasteiger partial charge in [-0.25, -0.2) is 4.99 Å². The van der Waals surface area contributed by atoms with Crippen molar-refractivity contribution in [3.05, 3.63) is 0 Å². The van der Waals surface area contributed by atoms with Gasteiger partial charge >= 0.3 is 0 Å². The minimum absolute atomic E-state index is 0.000835. The van der Waals surface area contributed by atoms with Gasteiger partial charge in [0.15, 0.2) is 0 Å². The van der Waals surface area contributed by atoms with Crippen LogP contribution >= 0.6 is 0 Å². The Labute approximate surface area is 72.8 Å². The molecule has 0 atom stereocenters. The van der Waals surface area contributed by atoms with Crippen LogP contribution in [0.2, 0.25) is 0 Å². The molecule has 0 bridgehead atoms. The van der Waals surface area contributed by atoms with Crippen LogP contribution in [-0.4, -0.2) is 36.0 Å². The number of aliphatic hydroxyl groups excluding tert-OH is 1. The van der Waals surface area contributed by atoms with Crippen LogP contribution in [-0.2, 0) is 4.74 Å². The van der Waals surface area contributed by atoms with E-state index in [-0.39, 0.29) is 19.0 Å². The molecule has 0 unspecified atom stereocenters. The van der Waals surface area contributed by atoms with Crippen molar-refractivity contribution in [1.82, 2.24) is 0 Å². The molecule has 0 aromatic rings. The summed E-state index contributed by atoms with van der Waals surface area (Å²) in [6, 6.07) is 0. The number of nitrogens with zero attached hydrogens (tertiary/aromatic N) is 1. The SMILES string of the molecule is CC(=N)N=CC(C)(C)OCCO. The summed E-state index contributed by atoms with van der Waals surface area (Å²) in [6.45, 7) is 5.54. The predicted molar refractivity (Wildman–Crippen MR) is 49.0 cm³/mol. The number of aliphatic hydroxyl groups is 1. The van der Waals surface area contributed by atoms with Crippen molar-refractivity contribution in [2.45, 2.75) is 26.4 Å². The van der Waals surface area contributed by atoms with E-state index in [0.29, 0.717) is 0 Å². The highest BCUT2D eigenvalue weighted by atomic mass is 16.5. The lowest BCUT2D eigenvalue weighted by atomic mass is 10.2. The van der Waals surface area contributed by atoms with Crippen LogP contribution in [0, 0.1) is 5.41 Å². The Morgan fingerprint density at radius 1 is 1.67 bits per heavy atom. The number of ether oxygens (including phenoxy) is 1. The van der Waals surface area contributed by atoms with Gasteiger partial charge in [-0.1, -0.05) is 0 Å². The molecule has 0 spiro atoms. The second-order valence-electron chi connectivity index (χ2n) is 3.02. The van der Waals surface area contributed by atoms with E-state index in [1.165, 1.54) is 0 Å². The summed E-state index contributed by atoms with van der Waals surface area (Å²) in [7, 11) is 0. The van der Waals surface area contributed by atoms with Crippen molar-refractivity contribution in [1.29, 1.82) is 5.41 Å². The van der Waals surface area contributed by atoms with Gasteiger partial charge in [-0.05, 0) is 20.8 Å². The van der Waals surface area contributed by atoms with E-state index < -0.39 is 5.60 Å². The second-order valence-corrected chi connectivity index (χ2v) is 3.02. The third-order valence-corrected chi connectivity index (χ3v) is 1.13. The minimum Gasteiger partial charge on any atom is -0.394 e. The van der Waals surface area contributed by atoms with Gasteiger partial charge in [0.05, 0.1) is 18.8 Å². The molecule has 0 aliphatic rings. The molecule has 70 valence electrons. The summed E-state index contributed by atoms with van der Waals surface area (Å²) in [6.07, 6.45) is 1.56. The molecule has 0 aromatic heterocycles. The molecule has 2 N–H and O–H groups in total. The molecular formula is C8H16N2O2. The Morgan fingerprint density at radius 3 is 2.67 bits per heavy atom. The van der Waals surface area contributed by atoms with Gasteiger partial charge in [0.25, 0.3) is 0 Å². The highest BCUT2D eigenvalue weighted by Crippen LogP contribution is 2.04. The molecular weight excluding hydrogens is 156 g/mol. The maximum Gasteiger partial charge on any atom is 0.117 e. The van der Waals surface area contributed by atoms with Crippen molar-refractivity contribution in [3.8, 4) is 0 Å². The van der Waals surface area contributed by atoms with E-state index in [1.807, 2.05) is 13.8 Å². The fourth-order valence-electron chi connectivity index (χ4n) is 0.598. The molecule has 0 rings (SSSR count). The first kappa shape index (κ1) is 11.3. The normalized spacial score (nSPS) is 12.3. The first-order valence-electron chi connectivity index (χ1n) is 3.83. The van der Waals surface area contributed by atoms with Gasteiger partial charge in [0, 0.05) is 6.21 Å². The topological polar surface area (TPSA) is 65.7 Å². The maximum atomic E-state index is 8.50. The van der Waals surface area contributed by atoms with Crippen LogP contribution in [0.4, 0.5) is 0 Å². The van der Waals surface area contributed by atoms with Gasteiger partial charge in [-0.15, -0.1) is 0 Å². The van der Waals surface area contributed by atoms with Crippen LogP contribution in [0.1, 0.15) is 20.8 Å². The van der Waals surface area contributed by atoms with Crippen molar-refractivity contribution in [3.63, 3.8) is 0 Å². The summed E-state index contributed by atoms with van der Waals surface area (Å²) in [5.41, 5.74) is -0.509. The van der Waals surface area contributed by atoms with Gasteiger partial charge in [0.1, 0.15) is 5.84 Å². The lowest BCUT2D eigenvalue weighted by Crippen LogP contribution is -2.28. The Balaban J connectivity index is 3.93. The largest absolute Gasteiger partial charge is 0.394 e. The van der Waals surface area contributed by atoms with E-state index in [9.17, 15) is 0 Å². The van der Waals surface area contributed by atoms with E-state index in [4.69, 9.17) is 15.3 Å². The minimum atomic E-state index is -0.509. The van der Waals surface area contributed by atoms with Crippen molar-refractivity contribution in [2.24, 2.45) is 4.99 Å². The molecule has 0 aliphatic carbocycles. The second kappa shape index (κ2) is 5.00. The molecule has 0 saturated carbocycles. The third kappa shape index (κ3) is 6.00. The third-order valence-electron chi connectivity index (χ3n) is 1.13. The van der Waals surface area contributed by atoms with E-state index in [2.05, 4.69) is 4.99 Å². The van der Waals surface area contributed by atoms with Gasteiger partial charge in [0.2, 0.25) is 0 Å². The quantitative estimate of drug-likeness (QED) is 0.487. The Bertz CT molecular complexity index is 176. The van der Waals surface area contributed by atoms with Crippen molar-refractivity contribution >= 4 is 12.1 Å². The number of hydrogen-bond acceptors (Lipinski definition) is 3.